The summed E-state index contributed by atoms with van der Waals surface area (Å²) < 4.78 is 27.5. The van der Waals surface area contributed by atoms with Gasteiger partial charge < -0.3 is 4.90 Å². The van der Waals surface area contributed by atoms with Crippen LogP contribution in [0.5, 0.6) is 0 Å². The lowest BCUT2D eigenvalue weighted by atomic mass is 10.1. The maximum Gasteiger partial charge on any atom is 0.245 e. The van der Waals surface area contributed by atoms with Gasteiger partial charge in [0.2, 0.25) is 10.0 Å². The van der Waals surface area contributed by atoms with Gasteiger partial charge in [0.25, 0.3) is 0 Å². The molecule has 0 aromatic carbocycles. The molecule has 1 aromatic rings. The van der Waals surface area contributed by atoms with Crippen molar-refractivity contribution in [1.82, 2.24) is 9.21 Å². The summed E-state index contributed by atoms with van der Waals surface area (Å²) in [5, 5.41) is 0. The monoisotopic (exact) mass is 368 g/mol. The van der Waals surface area contributed by atoms with Crippen LogP contribution in [0, 0.1) is 0 Å². The van der Waals surface area contributed by atoms with Crippen LogP contribution in [0.25, 0.3) is 0 Å². The Morgan fingerprint density at radius 3 is 2.24 bits per heavy atom. The number of thiophene rings is 1. The van der Waals surface area contributed by atoms with Crippen molar-refractivity contribution in [2.24, 2.45) is 0 Å². The van der Waals surface area contributed by atoms with E-state index < -0.39 is 10.0 Å². The second-order valence-corrected chi connectivity index (χ2v) is 9.76. The molecule has 0 spiro atoms. The van der Waals surface area contributed by atoms with E-state index >= 15 is 0 Å². The molecule has 0 radical (unpaired) electrons. The Morgan fingerprint density at radius 2 is 1.71 bits per heavy atom. The topological polar surface area (TPSA) is 40.6 Å². The zero-order chi connectivity index (χ0) is 15.0. The van der Waals surface area contributed by atoms with Crippen LogP contribution >= 0.6 is 34.5 Å². The fourth-order valence-electron chi connectivity index (χ4n) is 3.19. The Bertz CT molecular complexity index is 604. The highest BCUT2D eigenvalue weighted by Crippen LogP contribution is 2.36. The summed E-state index contributed by atoms with van der Waals surface area (Å²) in [4.78, 5) is 2.65. The third-order valence-corrected chi connectivity index (χ3v) is 7.98. The first-order valence-corrected chi connectivity index (χ1v) is 10.2. The van der Waals surface area contributed by atoms with E-state index in [-0.39, 0.29) is 9.23 Å². The molecular weight excluding hydrogens is 351 g/mol. The molecule has 8 heteroatoms. The van der Waals surface area contributed by atoms with Crippen LogP contribution in [0.4, 0.5) is 0 Å². The van der Waals surface area contributed by atoms with Crippen molar-refractivity contribution >= 4 is 44.6 Å². The summed E-state index contributed by atoms with van der Waals surface area (Å²) in [6, 6.07) is 1.98. The molecule has 0 saturated carbocycles. The second-order valence-electron chi connectivity index (χ2n) is 5.57. The van der Waals surface area contributed by atoms with Crippen molar-refractivity contribution in [3.8, 4) is 0 Å². The number of hydrogen-bond donors (Lipinski definition) is 0. The molecule has 1 aromatic heterocycles. The number of sulfonamides is 1. The van der Waals surface area contributed by atoms with E-state index in [0.717, 1.165) is 37.3 Å². The lowest BCUT2D eigenvalue weighted by molar-refractivity contribution is 0.168. The minimum atomic E-state index is -3.51. The normalized spacial score (nSPS) is 23.0. The van der Waals surface area contributed by atoms with Crippen molar-refractivity contribution in [1.29, 1.82) is 0 Å². The van der Waals surface area contributed by atoms with Crippen LogP contribution in [-0.4, -0.2) is 49.8 Å². The average molecular weight is 369 g/mol. The molecule has 0 aliphatic carbocycles. The highest BCUT2D eigenvalue weighted by atomic mass is 35.5. The zero-order valence-electron chi connectivity index (χ0n) is 11.6. The van der Waals surface area contributed by atoms with E-state index in [2.05, 4.69) is 4.90 Å². The van der Waals surface area contributed by atoms with Crippen LogP contribution in [0.15, 0.2) is 11.0 Å². The average Bonchev–Trinajstić information content (AvgIpc) is 3.09. The fourth-order valence-corrected chi connectivity index (χ4v) is 6.78. The van der Waals surface area contributed by atoms with Crippen molar-refractivity contribution in [2.45, 2.75) is 36.6 Å². The Balaban J connectivity index is 1.69. The Kier molecular flexibility index (Phi) is 4.83. The van der Waals surface area contributed by atoms with Gasteiger partial charge in [0.05, 0.1) is 4.34 Å². The maximum absolute atomic E-state index is 12.6. The van der Waals surface area contributed by atoms with Crippen LogP contribution in [-0.2, 0) is 10.0 Å². The molecule has 2 aliphatic rings. The molecule has 4 nitrogen and oxygen atoms in total. The van der Waals surface area contributed by atoms with E-state index in [1.54, 1.807) is 4.31 Å². The van der Waals surface area contributed by atoms with Gasteiger partial charge in [-0.2, -0.15) is 4.31 Å². The fraction of sp³-hybridized carbons (Fsp3) is 0.692. The Morgan fingerprint density at radius 1 is 1.10 bits per heavy atom. The van der Waals surface area contributed by atoms with Gasteiger partial charge in [0.15, 0.2) is 0 Å². The standard InChI is InChI=1S/C13H18Cl2N2O2S2/c14-12-9-11(13(15)20-12)21(18,19)17-7-3-10(4-8-17)16-5-1-2-6-16/h9-10H,1-8H2. The number of rotatable bonds is 3. The van der Waals surface area contributed by atoms with Crippen LogP contribution in [0.3, 0.4) is 0 Å². The highest BCUT2D eigenvalue weighted by Gasteiger charge is 2.34. The van der Waals surface area contributed by atoms with Crippen molar-refractivity contribution in [3.63, 3.8) is 0 Å². The predicted octanol–water partition coefficient (Wildman–Crippen LogP) is 3.30. The lowest BCUT2D eigenvalue weighted by Crippen LogP contribution is -2.45. The Hall–Kier alpha value is 0.150. The first kappa shape index (κ1) is 16.0. The summed E-state index contributed by atoms with van der Waals surface area (Å²) in [5.74, 6) is 0. The molecule has 0 bridgehead atoms. The second kappa shape index (κ2) is 6.34. The van der Waals surface area contributed by atoms with Crippen LogP contribution in [0.1, 0.15) is 25.7 Å². The molecule has 0 atom stereocenters. The van der Waals surface area contributed by atoms with Crippen molar-refractivity contribution < 1.29 is 8.42 Å². The number of piperidine rings is 1. The quantitative estimate of drug-likeness (QED) is 0.821. The van der Waals surface area contributed by atoms with Crippen molar-refractivity contribution in [2.75, 3.05) is 26.2 Å². The molecule has 3 rings (SSSR count). The smallest absolute Gasteiger partial charge is 0.245 e. The third kappa shape index (κ3) is 3.26. The summed E-state index contributed by atoms with van der Waals surface area (Å²) in [6.45, 7) is 3.44. The van der Waals surface area contributed by atoms with E-state index in [4.69, 9.17) is 23.2 Å². The molecule has 2 saturated heterocycles. The van der Waals surface area contributed by atoms with Gasteiger partial charge in [-0.3, -0.25) is 0 Å². The molecular formula is C13H18Cl2N2O2S2. The molecule has 0 amide bonds. The van der Waals surface area contributed by atoms with Gasteiger partial charge in [-0.15, -0.1) is 11.3 Å². The molecule has 2 aliphatic heterocycles. The largest absolute Gasteiger partial charge is 0.300 e. The van der Waals surface area contributed by atoms with E-state index in [1.165, 1.54) is 18.9 Å². The van der Waals surface area contributed by atoms with Gasteiger partial charge in [-0.05, 0) is 44.8 Å². The first-order chi connectivity index (χ1) is 9.98. The minimum absolute atomic E-state index is 0.152. The van der Waals surface area contributed by atoms with E-state index in [0.29, 0.717) is 23.5 Å². The van der Waals surface area contributed by atoms with E-state index in [1.807, 2.05) is 0 Å². The predicted molar refractivity (Wildman–Crippen MR) is 86.9 cm³/mol. The summed E-state index contributed by atoms with van der Waals surface area (Å²) in [7, 11) is -3.51. The van der Waals surface area contributed by atoms with Gasteiger partial charge in [-0.1, -0.05) is 23.2 Å². The zero-order valence-corrected chi connectivity index (χ0v) is 14.7. The molecule has 0 N–H and O–H groups in total. The van der Waals surface area contributed by atoms with Gasteiger partial charge >= 0.3 is 0 Å². The summed E-state index contributed by atoms with van der Waals surface area (Å²) >= 11 is 13.0. The molecule has 118 valence electrons. The van der Waals surface area contributed by atoms with Crippen molar-refractivity contribution in [3.05, 3.63) is 14.7 Å². The molecule has 3 heterocycles. The molecule has 21 heavy (non-hydrogen) atoms. The van der Waals surface area contributed by atoms with E-state index in [9.17, 15) is 8.42 Å². The minimum Gasteiger partial charge on any atom is -0.300 e. The number of likely N-dealkylation sites (tertiary alicyclic amines) is 1. The molecule has 2 fully saturated rings. The summed E-state index contributed by atoms with van der Waals surface area (Å²) in [6.07, 6.45) is 4.33. The first-order valence-electron chi connectivity index (χ1n) is 7.17. The summed E-state index contributed by atoms with van der Waals surface area (Å²) in [5.41, 5.74) is 0. The SMILES string of the molecule is O=S(=O)(c1cc(Cl)sc1Cl)N1CCC(N2CCCC2)CC1. The third-order valence-electron chi connectivity index (χ3n) is 4.32. The van der Waals surface area contributed by atoms with Crippen LogP contribution < -0.4 is 0 Å². The Labute approximate surface area is 139 Å². The maximum atomic E-state index is 12.6. The number of hydrogen-bond acceptors (Lipinski definition) is 4. The number of nitrogens with zero attached hydrogens (tertiary/aromatic N) is 2. The van der Waals surface area contributed by atoms with Gasteiger partial charge in [-0.25, -0.2) is 8.42 Å². The van der Waals surface area contributed by atoms with Gasteiger partial charge in [0, 0.05) is 19.1 Å². The number of halogens is 2. The van der Waals surface area contributed by atoms with Crippen LogP contribution in [0.2, 0.25) is 8.67 Å². The molecule has 0 unspecified atom stereocenters. The highest BCUT2D eigenvalue weighted by molar-refractivity contribution is 7.89. The van der Waals surface area contributed by atoms with Gasteiger partial charge in [0.1, 0.15) is 9.23 Å². The lowest BCUT2D eigenvalue weighted by Gasteiger charge is -2.35.